The maximum atomic E-state index is 12.8. The van der Waals surface area contributed by atoms with Gasteiger partial charge in [-0.15, -0.1) is 0 Å². The third-order valence-corrected chi connectivity index (χ3v) is 5.87. The minimum atomic E-state index is -0.690. The van der Waals surface area contributed by atoms with Gasteiger partial charge in [-0.1, -0.05) is 36.8 Å². The van der Waals surface area contributed by atoms with Gasteiger partial charge in [0.25, 0.3) is 0 Å². The molecule has 1 saturated carbocycles. The second-order valence-electron chi connectivity index (χ2n) is 7.34. The average molecular weight is 330 g/mol. The molecule has 1 aromatic carbocycles. The summed E-state index contributed by atoms with van der Waals surface area (Å²) in [5.74, 6) is -0.450. The Morgan fingerprint density at radius 3 is 2.71 bits per heavy atom. The number of likely N-dealkylation sites (tertiary alicyclic amines) is 1. The van der Waals surface area contributed by atoms with E-state index in [0.29, 0.717) is 13.1 Å². The van der Waals surface area contributed by atoms with Crippen LogP contribution in [0.25, 0.3) is 0 Å². The number of rotatable bonds is 5. The van der Waals surface area contributed by atoms with Gasteiger partial charge >= 0.3 is 5.97 Å². The summed E-state index contributed by atoms with van der Waals surface area (Å²) in [6.45, 7) is 3.70. The zero-order valence-electron chi connectivity index (χ0n) is 14.4. The van der Waals surface area contributed by atoms with Crippen LogP contribution in [0.1, 0.15) is 31.7 Å². The Morgan fingerprint density at radius 1 is 1.38 bits per heavy atom. The van der Waals surface area contributed by atoms with Crippen LogP contribution in [0.5, 0.6) is 0 Å². The third-order valence-electron chi connectivity index (χ3n) is 5.87. The van der Waals surface area contributed by atoms with Crippen LogP contribution in [0.15, 0.2) is 30.3 Å². The normalized spacial score (nSPS) is 27.7. The van der Waals surface area contributed by atoms with E-state index in [4.69, 9.17) is 0 Å². The lowest BCUT2D eigenvalue weighted by atomic mass is 9.81. The largest absolute Gasteiger partial charge is 0.481 e. The molecule has 2 fully saturated rings. The number of aliphatic carboxylic acids is 1. The molecule has 1 aromatic rings. The number of carbonyl (C=O) groups is 2. The topological polar surface area (TPSA) is 60.9 Å². The molecule has 2 aliphatic rings. The lowest BCUT2D eigenvalue weighted by molar-refractivity contribution is -0.150. The fourth-order valence-electron chi connectivity index (χ4n) is 4.38. The first-order valence-electron chi connectivity index (χ1n) is 8.70. The van der Waals surface area contributed by atoms with Crippen LogP contribution in [0, 0.1) is 11.3 Å². The molecule has 1 saturated heterocycles. The van der Waals surface area contributed by atoms with Gasteiger partial charge in [0, 0.05) is 26.7 Å². The van der Waals surface area contributed by atoms with E-state index in [9.17, 15) is 14.7 Å². The number of carbonyl (C=O) groups excluding carboxylic acids is 1. The van der Waals surface area contributed by atoms with Gasteiger partial charge in [0.15, 0.2) is 0 Å². The van der Waals surface area contributed by atoms with Crippen molar-refractivity contribution in [2.24, 2.45) is 11.3 Å². The van der Waals surface area contributed by atoms with Crippen molar-refractivity contribution in [3.05, 3.63) is 35.9 Å². The number of hydrogen-bond acceptors (Lipinski definition) is 3. The molecule has 0 spiro atoms. The minimum absolute atomic E-state index is 0.0550. The Hall–Kier alpha value is -1.88. The average Bonchev–Trinajstić information content (AvgIpc) is 3.12. The van der Waals surface area contributed by atoms with Crippen LogP contribution in [0.4, 0.5) is 0 Å². The van der Waals surface area contributed by atoms with Crippen LogP contribution >= 0.6 is 0 Å². The van der Waals surface area contributed by atoms with E-state index in [1.165, 1.54) is 0 Å². The maximum Gasteiger partial charge on any atom is 0.311 e. The molecule has 1 amide bonds. The summed E-state index contributed by atoms with van der Waals surface area (Å²) in [5, 5.41) is 9.69. The molecular formula is C19H26N2O3. The Labute approximate surface area is 143 Å². The molecule has 3 rings (SSSR count). The Bertz CT molecular complexity index is 618. The molecule has 1 aliphatic carbocycles. The molecule has 1 aliphatic heterocycles. The second kappa shape index (κ2) is 6.55. The Balaban J connectivity index is 1.65. The summed E-state index contributed by atoms with van der Waals surface area (Å²) in [4.78, 5) is 28.4. The first kappa shape index (κ1) is 17.0. The van der Waals surface area contributed by atoms with Crippen LogP contribution in [-0.4, -0.2) is 53.0 Å². The van der Waals surface area contributed by atoms with E-state index in [-0.39, 0.29) is 17.9 Å². The van der Waals surface area contributed by atoms with Gasteiger partial charge in [0.2, 0.25) is 5.91 Å². The summed E-state index contributed by atoms with van der Waals surface area (Å²) in [6.07, 6.45) is 2.69. The van der Waals surface area contributed by atoms with E-state index in [2.05, 4.69) is 4.90 Å². The highest BCUT2D eigenvalue weighted by atomic mass is 16.4. The minimum Gasteiger partial charge on any atom is -0.481 e. The lowest BCUT2D eigenvalue weighted by Crippen LogP contribution is -2.46. The maximum absolute atomic E-state index is 12.8. The highest BCUT2D eigenvalue weighted by Gasteiger charge is 2.55. The molecule has 1 N–H and O–H groups in total. The first-order valence-corrected chi connectivity index (χ1v) is 8.70. The van der Waals surface area contributed by atoms with Crippen LogP contribution in [-0.2, 0) is 16.1 Å². The summed E-state index contributed by atoms with van der Waals surface area (Å²) in [7, 11) is 1.82. The number of nitrogens with zero attached hydrogens (tertiary/aromatic N) is 2. The highest BCUT2D eigenvalue weighted by molar-refractivity contribution is 5.82. The summed E-state index contributed by atoms with van der Waals surface area (Å²) in [6, 6.07) is 9.63. The van der Waals surface area contributed by atoms with Gasteiger partial charge in [0.05, 0.1) is 11.5 Å². The quantitative estimate of drug-likeness (QED) is 0.899. The van der Waals surface area contributed by atoms with Crippen molar-refractivity contribution >= 4 is 11.9 Å². The van der Waals surface area contributed by atoms with Gasteiger partial charge in [-0.25, -0.2) is 0 Å². The molecule has 130 valence electrons. The third kappa shape index (κ3) is 2.93. The van der Waals surface area contributed by atoms with E-state index in [1.54, 1.807) is 4.90 Å². The predicted octanol–water partition coefficient (Wildman–Crippen LogP) is 2.22. The second-order valence-corrected chi connectivity index (χ2v) is 7.34. The van der Waals surface area contributed by atoms with Gasteiger partial charge in [-0.05, 0) is 31.2 Å². The van der Waals surface area contributed by atoms with Crippen molar-refractivity contribution < 1.29 is 14.7 Å². The van der Waals surface area contributed by atoms with Gasteiger partial charge in [-0.2, -0.15) is 0 Å². The van der Waals surface area contributed by atoms with E-state index in [1.807, 2.05) is 44.3 Å². The number of carboxylic acid groups (broad SMARTS) is 1. The van der Waals surface area contributed by atoms with Crippen molar-refractivity contribution in [1.29, 1.82) is 0 Å². The first-order chi connectivity index (χ1) is 11.4. The molecule has 1 unspecified atom stereocenters. The van der Waals surface area contributed by atoms with Crippen LogP contribution in [0.2, 0.25) is 0 Å². The smallest absolute Gasteiger partial charge is 0.311 e. The number of likely N-dealkylation sites (N-methyl/N-ethyl adjacent to an activating group) is 1. The predicted molar refractivity (Wildman–Crippen MR) is 91.4 cm³/mol. The zero-order valence-corrected chi connectivity index (χ0v) is 14.4. The number of carboxylic acids is 1. The molecule has 5 nitrogen and oxygen atoms in total. The standard InChI is InChI=1S/C19H26N2O3/c1-14(17(22)20(2)11-15-7-4-3-5-8-15)21-12-16-9-6-10-19(16,13-21)18(23)24/h3-5,7-8,14,16H,6,9-13H2,1-2H3,(H,23,24)/t14?,16-,19+/m0/s1. The van der Waals surface area contributed by atoms with Crippen molar-refractivity contribution in [2.45, 2.75) is 38.8 Å². The van der Waals surface area contributed by atoms with Crippen molar-refractivity contribution in [3.8, 4) is 0 Å². The number of amides is 1. The van der Waals surface area contributed by atoms with Gasteiger partial charge < -0.3 is 10.0 Å². The SMILES string of the molecule is CC(C(=O)N(C)Cc1ccccc1)N1C[C@@H]2CCC[C@@]2(C(=O)O)C1. The molecular weight excluding hydrogens is 304 g/mol. The number of hydrogen-bond donors (Lipinski definition) is 1. The molecule has 3 atom stereocenters. The van der Waals surface area contributed by atoms with E-state index in [0.717, 1.165) is 31.4 Å². The Kier molecular flexibility index (Phi) is 4.63. The monoisotopic (exact) mass is 330 g/mol. The molecule has 0 aromatic heterocycles. The molecule has 0 bridgehead atoms. The molecule has 0 radical (unpaired) electrons. The van der Waals surface area contributed by atoms with Crippen molar-refractivity contribution in [3.63, 3.8) is 0 Å². The van der Waals surface area contributed by atoms with E-state index >= 15 is 0 Å². The van der Waals surface area contributed by atoms with Crippen molar-refractivity contribution in [1.82, 2.24) is 9.80 Å². The fourth-order valence-corrected chi connectivity index (χ4v) is 4.38. The summed E-state index contributed by atoms with van der Waals surface area (Å²) < 4.78 is 0. The summed E-state index contributed by atoms with van der Waals surface area (Å²) in [5.41, 5.74) is 0.466. The summed E-state index contributed by atoms with van der Waals surface area (Å²) >= 11 is 0. The van der Waals surface area contributed by atoms with Crippen LogP contribution in [0.3, 0.4) is 0 Å². The molecule has 5 heteroatoms. The van der Waals surface area contributed by atoms with Gasteiger partial charge in [0.1, 0.15) is 0 Å². The number of benzene rings is 1. The highest BCUT2D eigenvalue weighted by Crippen LogP contribution is 2.49. The fraction of sp³-hybridized carbons (Fsp3) is 0.579. The van der Waals surface area contributed by atoms with Crippen LogP contribution < -0.4 is 0 Å². The van der Waals surface area contributed by atoms with Crippen molar-refractivity contribution in [2.75, 3.05) is 20.1 Å². The van der Waals surface area contributed by atoms with E-state index < -0.39 is 11.4 Å². The lowest BCUT2D eigenvalue weighted by Gasteiger charge is -2.29. The van der Waals surface area contributed by atoms with Gasteiger partial charge in [-0.3, -0.25) is 14.5 Å². The molecule has 1 heterocycles. The molecule has 24 heavy (non-hydrogen) atoms. The zero-order chi connectivity index (χ0) is 17.3. The number of fused-ring (bicyclic) bond motifs is 1. The Morgan fingerprint density at radius 2 is 2.08 bits per heavy atom.